The molecule has 1 amide bonds. The highest BCUT2D eigenvalue weighted by atomic mass is 32.1. The van der Waals surface area contributed by atoms with Crippen molar-refractivity contribution in [2.75, 3.05) is 31.1 Å². The van der Waals surface area contributed by atoms with Gasteiger partial charge in [-0.1, -0.05) is 6.07 Å². The minimum Gasteiger partial charge on any atom is -0.368 e. The molecule has 1 aliphatic heterocycles. The Morgan fingerprint density at radius 3 is 2.59 bits per heavy atom. The molecule has 2 aromatic heterocycles. The summed E-state index contributed by atoms with van der Waals surface area (Å²) in [5, 5.41) is 2.30. The summed E-state index contributed by atoms with van der Waals surface area (Å²) in [4.78, 5) is 28.8. The number of aromatic nitrogens is 3. The molecule has 0 atom stereocenters. The highest BCUT2D eigenvalue weighted by Gasteiger charge is 2.31. The maximum atomic E-state index is 12.9. The molecule has 0 unspecified atom stereocenters. The van der Waals surface area contributed by atoms with Crippen LogP contribution in [0.2, 0.25) is 0 Å². The highest BCUT2D eigenvalue weighted by molar-refractivity contribution is 7.13. The Hall–Kier alpha value is -3.01. The van der Waals surface area contributed by atoms with Gasteiger partial charge in [-0.05, 0) is 18.2 Å². The Morgan fingerprint density at radius 2 is 1.90 bits per heavy atom. The number of rotatable bonds is 3. The Labute approximate surface area is 168 Å². The Morgan fingerprint density at radius 1 is 1.10 bits per heavy atom. The van der Waals surface area contributed by atoms with Crippen LogP contribution in [0.5, 0.6) is 0 Å². The van der Waals surface area contributed by atoms with E-state index < -0.39 is 11.7 Å². The first-order valence-electron chi connectivity index (χ1n) is 8.85. The molecule has 0 bridgehead atoms. The molecule has 0 radical (unpaired) electrons. The van der Waals surface area contributed by atoms with Gasteiger partial charge in [0.1, 0.15) is 16.4 Å². The first kappa shape index (κ1) is 19.3. The topological polar surface area (TPSA) is 62.2 Å². The molecule has 1 aromatic carbocycles. The van der Waals surface area contributed by atoms with E-state index in [-0.39, 0.29) is 5.91 Å². The van der Waals surface area contributed by atoms with Gasteiger partial charge in [-0.15, -0.1) is 11.3 Å². The molecule has 1 saturated heterocycles. The quantitative estimate of drug-likeness (QED) is 0.650. The fraction of sp³-hybridized carbons (Fsp3) is 0.263. The molecule has 4 rings (SSSR count). The van der Waals surface area contributed by atoms with Crippen LogP contribution in [0, 0.1) is 0 Å². The highest BCUT2D eigenvalue weighted by Crippen LogP contribution is 2.32. The summed E-state index contributed by atoms with van der Waals surface area (Å²) >= 11 is 1.32. The lowest BCUT2D eigenvalue weighted by Gasteiger charge is -2.36. The summed E-state index contributed by atoms with van der Waals surface area (Å²) in [6.45, 7) is 1.72. The van der Waals surface area contributed by atoms with Crippen molar-refractivity contribution in [1.82, 2.24) is 19.9 Å². The molecule has 1 fully saturated rings. The number of alkyl halides is 3. The minimum atomic E-state index is -4.38. The van der Waals surface area contributed by atoms with Crippen molar-refractivity contribution in [2.45, 2.75) is 6.18 Å². The number of anilines is 1. The van der Waals surface area contributed by atoms with E-state index in [1.165, 1.54) is 17.4 Å². The lowest BCUT2D eigenvalue weighted by atomic mass is 10.1. The van der Waals surface area contributed by atoms with Crippen molar-refractivity contribution >= 4 is 22.9 Å². The summed E-state index contributed by atoms with van der Waals surface area (Å²) < 4.78 is 38.8. The molecule has 29 heavy (non-hydrogen) atoms. The second-order valence-electron chi connectivity index (χ2n) is 6.46. The fourth-order valence-electron chi connectivity index (χ4n) is 3.11. The average molecular weight is 419 g/mol. The summed E-state index contributed by atoms with van der Waals surface area (Å²) in [7, 11) is 0. The van der Waals surface area contributed by atoms with Gasteiger partial charge in [-0.3, -0.25) is 14.8 Å². The summed E-state index contributed by atoms with van der Waals surface area (Å²) in [5.74, 6) is -0.194. The summed E-state index contributed by atoms with van der Waals surface area (Å²) in [6, 6.07) is 5.25. The Balaban J connectivity index is 1.41. The standard InChI is InChI=1S/C19H16F3N5OS/c20-19(21,22)13-2-1-3-14(10-13)26-6-8-27(9-7-26)18(28)16-12-29-17(25-16)15-11-23-4-5-24-15/h1-5,10-12H,6-9H2. The van der Waals surface area contributed by atoms with Crippen LogP contribution in [0.1, 0.15) is 16.1 Å². The van der Waals surface area contributed by atoms with E-state index in [1.54, 1.807) is 34.9 Å². The van der Waals surface area contributed by atoms with E-state index >= 15 is 0 Å². The van der Waals surface area contributed by atoms with Crippen LogP contribution in [0.4, 0.5) is 18.9 Å². The number of carbonyl (C=O) groups is 1. The van der Waals surface area contributed by atoms with Gasteiger partial charge in [-0.25, -0.2) is 4.98 Å². The molecule has 3 heterocycles. The monoisotopic (exact) mass is 419 g/mol. The fourth-order valence-corrected chi connectivity index (χ4v) is 3.86. The van der Waals surface area contributed by atoms with Crippen molar-refractivity contribution in [3.05, 3.63) is 59.5 Å². The third kappa shape index (κ3) is 4.21. The molecular formula is C19H16F3N5OS. The molecule has 0 spiro atoms. The van der Waals surface area contributed by atoms with Gasteiger partial charge in [0.15, 0.2) is 0 Å². The molecule has 0 saturated carbocycles. The second kappa shape index (κ2) is 7.78. The van der Waals surface area contributed by atoms with Gasteiger partial charge in [-0.2, -0.15) is 13.2 Å². The smallest absolute Gasteiger partial charge is 0.368 e. The Kier molecular flexibility index (Phi) is 5.18. The molecule has 1 aliphatic rings. The maximum Gasteiger partial charge on any atom is 0.416 e. The van der Waals surface area contributed by atoms with E-state index in [2.05, 4.69) is 15.0 Å². The normalized spacial score (nSPS) is 14.9. The van der Waals surface area contributed by atoms with Gasteiger partial charge < -0.3 is 9.80 Å². The molecule has 0 aliphatic carbocycles. The maximum absolute atomic E-state index is 12.9. The van der Waals surface area contributed by atoms with E-state index in [0.717, 1.165) is 12.1 Å². The van der Waals surface area contributed by atoms with E-state index in [1.807, 2.05) is 4.90 Å². The van der Waals surface area contributed by atoms with Gasteiger partial charge in [0.25, 0.3) is 5.91 Å². The predicted octanol–water partition coefficient (Wildman–Crippen LogP) is 3.58. The lowest BCUT2D eigenvalue weighted by Crippen LogP contribution is -2.48. The molecule has 3 aromatic rings. The van der Waals surface area contributed by atoms with Crippen LogP contribution in [0.15, 0.2) is 48.2 Å². The van der Waals surface area contributed by atoms with Crippen molar-refractivity contribution in [2.24, 2.45) is 0 Å². The third-order valence-corrected chi connectivity index (χ3v) is 5.48. The second-order valence-corrected chi connectivity index (χ2v) is 7.31. The van der Waals surface area contributed by atoms with Gasteiger partial charge in [0.05, 0.1) is 11.8 Å². The number of halogens is 3. The van der Waals surface area contributed by atoms with Gasteiger partial charge in [0.2, 0.25) is 0 Å². The predicted molar refractivity (Wildman–Crippen MR) is 103 cm³/mol. The van der Waals surface area contributed by atoms with Gasteiger partial charge >= 0.3 is 6.18 Å². The molecular weight excluding hydrogens is 403 g/mol. The first-order chi connectivity index (χ1) is 13.9. The van der Waals surface area contributed by atoms with Crippen LogP contribution in [-0.4, -0.2) is 51.9 Å². The minimum absolute atomic E-state index is 0.194. The molecule has 0 N–H and O–H groups in total. The number of hydrogen-bond donors (Lipinski definition) is 0. The largest absolute Gasteiger partial charge is 0.416 e. The van der Waals surface area contributed by atoms with Crippen molar-refractivity contribution in [3.8, 4) is 10.7 Å². The number of carbonyl (C=O) groups excluding carboxylic acids is 1. The zero-order valence-electron chi connectivity index (χ0n) is 15.1. The number of hydrogen-bond acceptors (Lipinski definition) is 6. The molecule has 6 nitrogen and oxygen atoms in total. The summed E-state index contributed by atoms with van der Waals surface area (Å²) in [5.41, 5.74) is 0.770. The number of thiazole rings is 1. The third-order valence-electron chi connectivity index (χ3n) is 4.61. The van der Waals surface area contributed by atoms with Crippen molar-refractivity contribution < 1.29 is 18.0 Å². The average Bonchev–Trinajstić information content (AvgIpc) is 3.24. The number of amides is 1. The number of piperazine rings is 1. The van der Waals surface area contributed by atoms with Crippen LogP contribution >= 0.6 is 11.3 Å². The summed E-state index contributed by atoms with van der Waals surface area (Å²) in [6.07, 6.45) is 0.332. The van der Waals surface area contributed by atoms with E-state index in [0.29, 0.717) is 48.3 Å². The molecule has 150 valence electrons. The Bertz CT molecular complexity index is 1000. The SMILES string of the molecule is O=C(c1csc(-c2cnccn2)n1)N1CCN(c2cccc(C(F)(F)F)c2)CC1. The van der Waals surface area contributed by atoms with Crippen molar-refractivity contribution in [1.29, 1.82) is 0 Å². The molecule has 10 heteroatoms. The number of nitrogens with zero attached hydrogens (tertiary/aromatic N) is 5. The van der Waals surface area contributed by atoms with E-state index in [9.17, 15) is 18.0 Å². The van der Waals surface area contributed by atoms with Crippen LogP contribution in [0.25, 0.3) is 10.7 Å². The van der Waals surface area contributed by atoms with Crippen LogP contribution < -0.4 is 4.90 Å². The van der Waals surface area contributed by atoms with Crippen LogP contribution in [0.3, 0.4) is 0 Å². The van der Waals surface area contributed by atoms with Crippen molar-refractivity contribution in [3.63, 3.8) is 0 Å². The zero-order chi connectivity index (χ0) is 20.4. The van der Waals surface area contributed by atoms with Gasteiger partial charge in [0, 0.05) is 49.6 Å². The lowest BCUT2D eigenvalue weighted by molar-refractivity contribution is -0.137. The zero-order valence-corrected chi connectivity index (χ0v) is 16.0. The first-order valence-corrected chi connectivity index (χ1v) is 9.73. The number of benzene rings is 1. The van der Waals surface area contributed by atoms with Crippen LogP contribution in [-0.2, 0) is 6.18 Å². The van der Waals surface area contributed by atoms with E-state index in [4.69, 9.17) is 0 Å².